The average Bonchev–Trinajstić information content (AvgIpc) is 3.37. The molecule has 0 spiro atoms. The zero-order valence-corrected chi connectivity index (χ0v) is 46.5. The second-order valence-corrected chi connectivity index (χ2v) is 19.5. The summed E-state index contributed by atoms with van der Waals surface area (Å²) in [6, 6.07) is 0. The summed E-state index contributed by atoms with van der Waals surface area (Å²) in [7, 11) is 0. The normalized spacial score (nSPS) is 12.8. The smallest absolute Gasteiger partial charge is 0.306 e. The molecule has 6 nitrogen and oxygen atoms in total. The monoisotopic (exact) mass is 987 g/mol. The van der Waals surface area contributed by atoms with Crippen LogP contribution in [-0.4, -0.2) is 37.2 Å². The largest absolute Gasteiger partial charge is 0.462 e. The molecule has 0 N–H and O–H groups in total. The highest BCUT2D eigenvalue weighted by Crippen LogP contribution is 2.16. The molecule has 0 aromatic rings. The molecule has 0 heterocycles. The summed E-state index contributed by atoms with van der Waals surface area (Å²) < 4.78 is 16.8. The average molecular weight is 988 g/mol. The Morgan fingerprint density at radius 3 is 0.930 bits per heavy atom. The first-order valence-electron chi connectivity index (χ1n) is 29.7. The van der Waals surface area contributed by atoms with Crippen LogP contribution in [0.15, 0.2) is 97.2 Å². The molecule has 71 heavy (non-hydrogen) atoms. The Bertz CT molecular complexity index is 1410. The van der Waals surface area contributed by atoms with Crippen LogP contribution in [0.3, 0.4) is 0 Å². The molecule has 0 aliphatic carbocycles. The number of unbranched alkanes of at least 4 members (excludes halogenated alkanes) is 26. The van der Waals surface area contributed by atoms with Crippen molar-refractivity contribution in [3.63, 3.8) is 0 Å². The van der Waals surface area contributed by atoms with Crippen LogP contribution < -0.4 is 0 Å². The minimum atomic E-state index is -0.817. The molecule has 0 amide bonds. The second kappa shape index (κ2) is 58.9. The summed E-state index contributed by atoms with van der Waals surface area (Å²) in [5.74, 6) is -0.980. The molecule has 0 aliphatic heterocycles. The number of hydrogen-bond donors (Lipinski definition) is 0. The van der Waals surface area contributed by atoms with Gasteiger partial charge in [-0.25, -0.2) is 0 Å². The van der Waals surface area contributed by atoms with Crippen LogP contribution in [0, 0.1) is 0 Å². The number of esters is 3. The molecule has 0 aliphatic rings. The number of carbonyl (C=O) groups is 3. The maximum atomic E-state index is 12.8. The van der Waals surface area contributed by atoms with E-state index >= 15 is 0 Å². The predicted octanol–water partition coefficient (Wildman–Crippen LogP) is 20.1. The van der Waals surface area contributed by atoms with Gasteiger partial charge in [0.05, 0.1) is 0 Å². The van der Waals surface area contributed by atoms with Gasteiger partial charge in [0.25, 0.3) is 0 Å². The number of rotatable bonds is 53. The van der Waals surface area contributed by atoms with E-state index in [0.717, 1.165) is 103 Å². The predicted molar refractivity (Wildman–Crippen MR) is 307 cm³/mol. The molecule has 0 aromatic heterocycles. The van der Waals surface area contributed by atoms with Crippen LogP contribution in [0.2, 0.25) is 0 Å². The highest BCUT2D eigenvalue weighted by molar-refractivity contribution is 5.71. The molecule has 6 heteroatoms. The first-order chi connectivity index (χ1) is 35.0. The Hall–Kier alpha value is -3.67. The molecule has 0 rings (SSSR count). The van der Waals surface area contributed by atoms with Crippen LogP contribution in [-0.2, 0) is 28.6 Å². The van der Waals surface area contributed by atoms with Gasteiger partial charge in [0, 0.05) is 19.3 Å². The molecular formula is C65H110O6. The van der Waals surface area contributed by atoms with E-state index in [2.05, 4.69) is 118 Å². The van der Waals surface area contributed by atoms with Gasteiger partial charge in [0.15, 0.2) is 6.10 Å². The maximum absolute atomic E-state index is 12.8. The Morgan fingerprint density at radius 2 is 0.563 bits per heavy atom. The van der Waals surface area contributed by atoms with E-state index < -0.39 is 6.10 Å². The van der Waals surface area contributed by atoms with Crippen molar-refractivity contribution >= 4 is 17.9 Å². The summed E-state index contributed by atoms with van der Waals surface area (Å²) in [6.45, 7) is 6.45. The summed E-state index contributed by atoms with van der Waals surface area (Å²) in [4.78, 5) is 38.2. The van der Waals surface area contributed by atoms with Crippen LogP contribution in [0.1, 0.15) is 278 Å². The molecule has 406 valence electrons. The standard InChI is InChI=1S/C65H110O6/c1-4-7-10-13-16-19-22-25-28-31-32-35-37-40-43-46-49-52-55-58-64(67)70-61-62(71-65(68)59-56-53-50-47-44-41-38-34-30-27-24-21-18-15-12-9-6-3)60-69-63(66)57-54-51-48-45-42-39-36-33-29-26-23-20-17-14-11-8-5-2/h8,11,17-18,20-21,26-27,29-30,36,38-39,41,47,50,62H,4-7,9-10,12-16,19,22-25,28,31-35,37,40,42-46,48-49,51-61H2,1-3H3/b11-8-,20-17-,21-18-,29-26-,30-27-,39-36-,41-38-,50-47-/t62-/m1/s1. The van der Waals surface area contributed by atoms with Crippen molar-refractivity contribution in [2.45, 2.75) is 284 Å². The first kappa shape index (κ1) is 67.3. The summed E-state index contributed by atoms with van der Waals surface area (Å²) in [5, 5.41) is 0. The zero-order valence-electron chi connectivity index (χ0n) is 46.5. The van der Waals surface area contributed by atoms with Crippen molar-refractivity contribution in [1.82, 2.24) is 0 Å². The third-order valence-electron chi connectivity index (χ3n) is 12.6. The van der Waals surface area contributed by atoms with Gasteiger partial charge in [-0.05, 0) is 96.3 Å². The molecule has 0 aromatic carbocycles. The molecule has 0 fully saturated rings. The fraction of sp³-hybridized carbons (Fsp3) is 0.708. The Labute approximate surface area is 438 Å². The van der Waals surface area contributed by atoms with Gasteiger partial charge >= 0.3 is 17.9 Å². The minimum absolute atomic E-state index is 0.106. The number of carbonyl (C=O) groups excluding carboxylic acids is 3. The van der Waals surface area contributed by atoms with Crippen molar-refractivity contribution in [3.05, 3.63) is 97.2 Å². The van der Waals surface area contributed by atoms with Gasteiger partial charge in [0.1, 0.15) is 13.2 Å². The van der Waals surface area contributed by atoms with Crippen molar-refractivity contribution in [3.8, 4) is 0 Å². The van der Waals surface area contributed by atoms with E-state index in [-0.39, 0.29) is 37.5 Å². The lowest BCUT2D eigenvalue weighted by molar-refractivity contribution is -0.167. The highest BCUT2D eigenvalue weighted by atomic mass is 16.6. The summed E-state index contributed by atoms with van der Waals surface area (Å²) in [5.41, 5.74) is 0. The number of hydrogen-bond acceptors (Lipinski definition) is 6. The quantitative estimate of drug-likeness (QED) is 0.0261. The molecule has 0 saturated carbocycles. The van der Waals surface area contributed by atoms with Crippen molar-refractivity contribution in [1.29, 1.82) is 0 Å². The van der Waals surface area contributed by atoms with E-state index in [4.69, 9.17) is 14.2 Å². The minimum Gasteiger partial charge on any atom is -0.462 e. The summed E-state index contributed by atoms with van der Waals surface area (Å²) in [6.07, 6.45) is 78.3. The van der Waals surface area contributed by atoms with Gasteiger partial charge in [-0.3, -0.25) is 14.4 Å². The highest BCUT2D eigenvalue weighted by Gasteiger charge is 2.19. The van der Waals surface area contributed by atoms with Crippen LogP contribution in [0.4, 0.5) is 0 Å². The SMILES string of the molecule is CC/C=C\C/C=C\C/C=C\C/C=C\CCCCCCC(=O)OC[C@H](COC(=O)CCCCCCCCCCCCCCCCCCCCC)OC(=O)CCC/C=C\C/C=C\C/C=C\C/C=C\CCCCC. The van der Waals surface area contributed by atoms with E-state index in [1.54, 1.807) is 0 Å². The van der Waals surface area contributed by atoms with Crippen molar-refractivity contribution < 1.29 is 28.6 Å². The maximum Gasteiger partial charge on any atom is 0.306 e. The Morgan fingerprint density at radius 1 is 0.296 bits per heavy atom. The van der Waals surface area contributed by atoms with Crippen molar-refractivity contribution in [2.75, 3.05) is 13.2 Å². The van der Waals surface area contributed by atoms with Gasteiger partial charge < -0.3 is 14.2 Å². The van der Waals surface area contributed by atoms with Crippen molar-refractivity contribution in [2.24, 2.45) is 0 Å². The summed E-state index contributed by atoms with van der Waals surface area (Å²) >= 11 is 0. The molecule has 1 atom stereocenters. The lowest BCUT2D eigenvalue weighted by Crippen LogP contribution is -2.30. The second-order valence-electron chi connectivity index (χ2n) is 19.5. The zero-order chi connectivity index (χ0) is 51.4. The lowest BCUT2D eigenvalue weighted by Gasteiger charge is -2.18. The van der Waals surface area contributed by atoms with Gasteiger partial charge in [-0.2, -0.15) is 0 Å². The van der Waals surface area contributed by atoms with E-state index in [9.17, 15) is 14.4 Å². The van der Waals surface area contributed by atoms with E-state index in [0.29, 0.717) is 19.3 Å². The van der Waals surface area contributed by atoms with Gasteiger partial charge in [-0.1, -0.05) is 259 Å². The lowest BCUT2D eigenvalue weighted by atomic mass is 10.0. The third-order valence-corrected chi connectivity index (χ3v) is 12.6. The number of ether oxygens (including phenoxy) is 3. The van der Waals surface area contributed by atoms with Crippen LogP contribution >= 0.6 is 0 Å². The Kier molecular flexibility index (Phi) is 55.9. The first-order valence-corrected chi connectivity index (χ1v) is 29.7. The van der Waals surface area contributed by atoms with Gasteiger partial charge in [-0.15, -0.1) is 0 Å². The molecular weight excluding hydrogens is 877 g/mol. The van der Waals surface area contributed by atoms with E-state index in [1.807, 2.05) is 0 Å². The topological polar surface area (TPSA) is 78.9 Å². The van der Waals surface area contributed by atoms with Crippen LogP contribution in [0.5, 0.6) is 0 Å². The van der Waals surface area contributed by atoms with Gasteiger partial charge in [0.2, 0.25) is 0 Å². The third kappa shape index (κ3) is 57.1. The van der Waals surface area contributed by atoms with Crippen LogP contribution in [0.25, 0.3) is 0 Å². The molecule has 0 unspecified atom stereocenters. The fourth-order valence-electron chi connectivity index (χ4n) is 8.13. The Balaban J connectivity index is 4.48. The van der Waals surface area contributed by atoms with E-state index in [1.165, 1.54) is 128 Å². The molecule has 0 bridgehead atoms. The molecule has 0 saturated heterocycles. The fourth-order valence-corrected chi connectivity index (χ4v) is 8.13. The number of allylic oxidation sites excluding steroid dienone is 16. The molecule has 0 radical (unpaired) electrons.